The molecule has 1 heterocycles. The van der Waals surface area contributed by atoms with Crippen molar-refractivity contribution in [1.82, 2.24) is 20.0 Å². The van der Waals surface area contributed by atoms with Crippen LogP contribution in [0.2, 0.25) is 5.02 Å². The van der Waals surface area contributed by atoms with Gasteiger partial charge >= 0.3 is 0 Å². The van der Waals surface area contributed by atoms with E-state index in [1.165, 1.54) is 0 Å². The summed E-state index contributed by atoms with van der Waals surface area (Å²) in [6, 6.07) is 0.233. The lowest BCUT2D eigenvalue weighted by atomic mass is 10.2. The molecule has 5 heteroatoms. The quantitative estimate of drug-likeness (QED) is 0.814. The van der Waals surface area contributed by atoms with Gasteiger partial charge in [-0.25, -0.2) is 0 Å². The summed E-state index contributed by atoms with van der Waals surface area (Å²) in [5, 5.41) is 8.57. The molecule has 98 valence electrons. The van der Waals surface area contributed by atoms with E-state index in [4.69, 9.17) is 11.6 Å². The smallest absolute Gasteiger partial charge is 0.0834 e. The molecule has 4 nitrogen and oxygen atoms in total. The summed E-state index contributed by atoms with van der Waals surface area (Å²) in [7, 11) is 4.14. The maximum Gasteiger partial charge on any atom is 0.0834 e. The fourth-order valence-electron chi connectivity index (χ4n) is 1.97. The summed E-state index contributed by atoms with van der Waals surface area (Å²) in [5.74, 6) is 0. The van der Waals surface area contributed by atoms with Crippen molar-refractivity contribution < 1.29 is 0 Å². The number of hydrogen-bond donors (Lipinski definition) is 1. The fourth-order valence-corrected chi connectivity index (χ4v) is 2.24. The summed E-state index contributed by atoms with van der Waals surface area (Å²) in [4.78, 5) is 2.16. The Morgan fingerprint density at radius 1 is 1.47 bits per heavy atom. The van der Waals surface area contributed by atoms with Crippen molar-refractivity contribution in [2.45, 2.75) is 32.9 Å². The number of rotatable bonds is 7. The number of aromatic nitrogens is 2. The number of nitrogens with one attached hydrogen (secondary N) is 1. The number of likely N-dealkylation sites (N-methyl/N-ethyl adjacent to an activating group) is 2. The first-order chi connectivity index (χ1) is 8.10. The predicted molar refractivity (Wildman–Crippen MR) is 72.5 cm³/mol. The third kappa shape index (κ3) is 3.98. The molecule has 1 unspecified atom stereocenters. The lowest BCUT2D eigenvalue weighted by Crippen LogP contribution is -2.33. The minimum absolute atomic E-state index is 0.233. The lowest BCUT2D eigenvalue weighted by molar-refractivity contribution is 0.332. The number of nitrogens with zero attached hydrogens (tertiary/aromatic N) is 3. The van der Waals surface area contributed by atoms with Crippen molar-refractivity contribution in [3.05, 3.63) is 16.9 Å². The van der Waals surface area contributed by atoms with Gasteiger partial charge in [0.25, 0.3) is 0 Å². The van der Waals surface area contributed by atoms with Gasteiger partial charge in [-0.3, -0.25) is 4.68 Å². The summed E-state index contributed by atoms with van der Waals surface area (Å²) in [6.45, 7) is 7.01. The maximum absolute atomic E-state index is 6.25. The Morgan fingerprint density at radius 2 is 2.18 bits per heavy atom. The van der Waals surface area contributed by atoms with Gasteiger partial charge in [0, 0.05) is 13.1 Å². The van der Waals surface area contributed by atoms with Crippen LogP contribution < -0.4 is 5.32 Å². The third-order valence-electron chi connectivity index (χ3n) is 2.60. The van der Waals surface area contributed by atoms with Crippen LogP contribution in [0.1, 0.15) is 32.0 Å². The predicted octanol–water partition coefficient (Wildman–Crippen LogP) is 2.16. The minimum atomic E-state index is 0.233. The van der Waals surface area contributed by atoms with Crippen LogP contribution in [0.3, 0.4) is 0 Å². The molecule has 1 rings (SSSR count). The van der Waals surface area contributed by atoms with Gasteiger partial charge in [-0.15, -0.1) is 0 Å². The summed E-state index contributed by atoms with van der Waals surface area (Å²) >= 11 is 6.25. The average Bonchev–Trinajstić information content (AvgIpc) is 2.59. The van der Waals surface area contributed by atoms with Crippen molar-refractivity contribution in [2.75, 3.05) is 27.2 Å². The number of halogens is 1. The van der Waals surface area contributed by atoms with Crippen molar-refractivity contribution >= 4 is 11.6 Å². The van der Waals surface area contributed by atoms with Gasteiger partial charge in [-0.2, -0.15) is 5.10 Å². The highest BCUT2D eigenvalue weighted by molar-refractivity contribution is 6.31. The first kappa shape index (κ1) is 14.5. The van der Waals surface area contributed by atoms with E-state index < -0.39 is 0 Å². The molecule has 0 bridgehead atoms. The molecule has 0 fully saturated rings. The van der Waals surface area contributed by atoms with Crippen LogP contribution in [0.4, 0.5) is 0 Å². The van der Waals surface area contributed by atoms with Crippen LogP contribution in [0.15, 0.2) is 6.20 Å². The monoisotopic (exact) mass is 258 g/mol. The van der Waals surface area contributed by atoms with E-state index in [1.54, 1.807) is 6.20 Å². The minimum Gasteiger partial charge on any atom is -0.308 e. The Hall–Kier alpha value is -0.580. The van der Waals surface area contributed by atoms with E-state index in [9.17, 15) is 0 Å². The molecule has 1 aromatic rings. The molecule has 1 atom stereocenters. The van der Waals surface area contributed by atoms with E-state index in [-0.39, 0.29) is 6.04 Å². The van der Waals surface area contributed by atoms with E-state index in [0.717, 1.165) is 36.8 Å². The molecule has 0 aliphatic heterocycles. The average molecular weight is 259 g/mol. The highest BCUT2D eigenvalue weighted by atomic mass is 35.5. The molecule has 0 aliphatic carbocycles. The molecule has 0 saturated carbocycles. The third-order valence-corrected chi connectivity index (χ3v) is 2.89. The summed E-state index contributed by atoms with van der Waals surface area (Å²) < 4.78 is 2.01. The van der Waals surface area contributed by atoms with Crippen molar-refractivity contribution in [2.24, 2.45) is 0 Å². The second-order valence-corrected chi connectivity index (χ2v) is 4.88. The molecule has 1 N–H and O–H groups in total. The molecule has 0 aliphatic rings. The SMILES string of the molecule is CCCn1ncc(Cl)c1C(CN(C)C)NCC. The normalized spacial score (nSPS) is 13.3. The van der Waals surface area contributed by atoms with Gasteiger partial charge in [0.05, 0.1) is 23.0 Å². The van der Waals surface area contributed by atoms with E-state index >= 15 is 0 Å². The van der Waals surface area contributed by atoms with Gasteiger partial charge in [0.15, 0.2) is 0 Å². The molecule has 17 heavy (non-hydrogen) atoms. The highest BCUT2D eigenvalue weighted by Crippen LogP contribution is 2.23. The Kier molecular flexibility index (Phi) is 5.95. The summed E-state index contributed by atoms with van der Waals surface area (Å²) in [6.07, 6.45) is 2.80. The fraction of sp³-hybridized carbons (Fsp3) is 0.750. The molecular formula is C12H23ClN4. The van der Waals surface area contributed by atoms with Crippen LogP contribution in [-0.2, 0) is 6.54 Å². The van der Waals surface area contributed by atoms with Gasteiger partial charge in [-0.05, 0) is 27.1 Å². The van der Waals surface area contributed by atoms with Gasteiger partial charge in [0.1, 0.15) is 0 Å². The topological polar surface area (TPSA) is 33.1 Å². The van der Waals surface area contributed by atoms with Crippen molar-refractivity contribution in [3.8, 4) is 0 Å². The highest BCUT2D eigenvalue weighted by Gasteiger charge is 2.19. The lowest BCUT2D eigenvalue weighted by Gasteiger charge is -2.23. The first-order valence-electron chi connectivity index (χ1n) is 6.19. The maximum atomic E-state index is 6.25. The largest absolute Gasteiger partial charge is 0.308 e. The van der Waals surface area contributed by atoms with Crippen molar-refractivity contribution in [1.29, 1.82) is 0 Å². The molecule has 0 spiro atoms. The Morgan fingerprint density at radius 3 is 2.71 bits per heavy atom. The molecule has 0 radical (unpaired) electrons. The van der Waals surface area contributed by atoms with E-state index in [0.29, 0.717) is 0 Å². The van der Waals surface area contributed by atoms with Crippen LogP contribution in [0.5, 0.6) is 0 Å². The first-order valence-corrected chi connectivity index (χ1v) is 6.57. The van der Waals surface area contributed by atoms with Gasteiger partial charge in [-0.1, -0.05) is 25.4 Å². The van der Waals surface area contributed by atoms with Gasteiger partial charge in [0.2, 0.25) is 0 Å². The molecular weight excluding hydrogens is 236 g/mol. The van der Waals surface area contributed by atoms with Crippen LogP contribution in [0, 0.1) is 0 Å². The molecule has 0 amide bonds. The summed E-state index contributed by atoms with van der Waals surface area (Å²) in [5.41, 5.74) is 1.10. The Labute approximate surface area is 109 Å². The van der Waals surface area contributed by atoms with Crippen LogP contribution in [0.25, 0.3) is 0 Å². The zero-order valence-electron chi connectivity index (χ0n) is 11.2. The number of aryl methyl sites for hydroxylation is 1. The molecule has 1 aromatic heterocycles. The second kappa shape index (κ2) is 6.99. The second-order valence-electron chi connectivity index (χ2n) is 4.47. The Bertz CT molecular complexity index is 335. The van der Waals surface area contributed by atoms with Crippen LogP contribution in [-0.4, -0.2) is 41.9 Å². The zero-order chi connectivity index (χ0) is 12.8. The van der Waals surface area contributed by atoms with Crippen LogP contribution >= 0.6 is 11.6 Å². The Balaban J connectivity index is 2.94. The van der Waals surface area contributed by atoms with Gasteiger partial charge < -0.3 is 10.2 Å². The molecule has 0 saturated heterocycles. The number of hydrogen-bond acceptors (Lipinski definition) is 3. The van der Waals surface area contributed by atoms with E-state index in [1.807, 2.05) is 4.68 Å². The van der Waals surface area contributed by atoms with E-state index in [2.05, 4.69) is 43.3 Å². The van der Waals surface area contributed by atoms with Crippen molar-refractivity contribution in [3.63, 3.8) is 0 Å². The standard InChI is InChI=1S/C12H23ClN4/c1-5-7-17-12(10(13)8-15-17)11(14-6-2)9-16(3)4/h8,11,14H,5-7,9H2,1-4H3. The molecule has 0 aromatic carbocycles. The zero-order valence-corrected chi connectivity index (χ0v) is 12.0.